The van der Waals surface area contributed by atoms with Crippen molar-refractivity contribution >= 4 is 26.9 Å². The van der Waals surface area contributed by atoms with Gasteiger partial charge in [-0.2, -0.15) is 10.5 Å². The van der Waals surface area contributed by atoms with Gasteiger partial charge in [0.15, 0.2) is 0 Å². The number of phenols is 1. The molecule has 9 heteroatoms. The fourth-order valence-electron chi connectivity index (χ4n) is 2.57. The summed E-state index contributed by atoms with van der Waals surface area (Å²) in [5, 5.41) is 35.1. The summed E-state index contributed by atoms with van der Waals surface area (Å²) < 4.78 is 27.5. The third kappa shape index (κ3) is 5.60. The van der Waals surface area contributed by atoms with E-state index in [1.807, 2.05) is 4.31 Å². The summed E-state index contributed by atoms with van der Waals surface area (Å²) >= 11 is 3.29. The maximum atomic E-state index is 12.5. The van der Waals surface area contributed by atoms with E-state index in [0.29, 0.717) is 23.5 Å². The van der Waals surface area contributed by atoms with E-state index >= 15 is 0 Å². The summed E-state index contributed by atoms with van der Waals surface area (Å²) in [7, 11) is -1.32. The zero-order valence-corrected chi connectivity index (χ0v) is 17.1. The number of nitrogens with zero attached hydrogens (tertiary/aromatic N) is 3. The molecule has 2 unspecified atom stereocenters. The topological polar surface area (TPSA) is 108 Å². The molecule has 1 aliphatic rings. The van der Waals surface area contributed by atoms with E-state index in [4.69, 9.17) is 20.7 Å². The third-order valence-corrected chi connectivity index (χ3v) is 6.09. The van der Waals surface area contributed by atoms with Crippen LogP contribution in [0.2, 0.25) is 0 Å². The molecule has 6 nitrogen and oxygen atoms in total. The lowest BCUT2D eigenvalue weighted by Gasteiger charge is -2.15. The molecule has 1 saturated heterocycles. The van der Waals surface area contributed by atoms with Crippen molar-refractivity contribution in [3.8, 4) is 17.9 Å². The van der Waals surface area contributed by atoms with Gasteiger partial charge in [0.2, 0.25) is 0 Å². The van der Waals surface area contributed by atoms with Crippen LogP contribution in [0.1, 0.15) is 17.5 Å². The molecule has 146 valence electrons. The molecule has 0 bridgehead atoms. The SMILES string of the molecule is N#Cc1cc(Br)ccc1S(=O)N1CCC(CO)C1.N#Cc1ccc(O)cc1F. The van der Waals surface area contributed by atoms with Crippen molar-refractivity contribution in [2.24, 2.45) is 5.92 Å². The molecule has 1 heterocycles. The van der Waals surface area contributed by atoms with Gasteiger partial charge in [-0.1, -0.05) is 15.9 Å². The number of halogens is 2. The molecule has 2 atom stereocenters. The van der Waals surface area contributed by atoms with E-state index in [1.165, 1.54) is 12.1 Å². The molecule has 0 spiro atoms. The van der Waals surface area contributed by atoms with Gasteiger partial charge >= 0.3 is 0 Å². The molecule has 3 rings (SSSR count). The van der Waals surface area contributed by atoms with Crippen LogP contribution in [0.4, 0.5) is 4.39 Å². The van der Waals surface area contributed by atoms with Crippen LogP contribution in [-0.2, 0) is 11.0 Å². The lowest BCUT2D eigenvalue weighted by Crippen LogP contribution is -2.24. The average molecular weight is 466 g/mol. The van der Waals surface area contributed by atoms with Crippen LogP contribution < -0.4 is 0 Å². The van der Waals surface area contributed by atoms with Crippen molar-refractivity contribution < 1.29 is 18.8 Å². The van der Waals surface area contributed by atoms with Crippen LogP contribution in [0.15, 0.2) is 45.8 Å². The van der Waals surface area contributed by atoms with Gasteiger partial charge in [-0.3, -0.25) is 0 Å². The zero-order chi connectivity index (χ0) is 20.7. The highest BCUT2D eigenvalue weighted by Crippen LogP contribution is 2.25. The van der Waals surface area contributed by atoms with E-state index in [-0.39, 0.29) is 23.8 Å². The van der Waals surface area contributed by atoms with Crippen LogP contribution in [0.25, 0.3) is 0 Å². The van der Waals surface area contributed by atoms with Crippen LogP contribution in [0.5, 0.6) is 5.75 Å². The lowest BCUT2D eigenvalue weighted by molar-refractivity contribution is 0.233. The maximum absolute atomic E-state index is 12.5. The first-order valence-electron chi connectivity index (χ1n) is 8.25. The number of rotatable bonds is 3. The molecule has 2 aromatic carbocycles. The Morgan fingerprint density at radius 3 is 2.50 bits per heavy atom. The highest BCUT2D eigenvalue weighted by Gasteiger charge is 2.27. The molecule has 0 saturated carbocycles. The van der Waals surface area contributed by atoms with E-state index in [1.54, 1.807) is 24.3 Å². The normalized spacial score (nSPS) is 17.1. The van der Waals surface area contributed by atoms with Crippen LogP contribution in [0, 0.1) is 34.4 Å². The fraction of sp³-hybridized carbons (Fsp3) is 0.263. The van der Waals surface area contributed by atoms with Gasteiger partial charge in [-0.15, -0.1) is 0 Å². The van der Waals surface area contributed by atoms with Crippen molar-refractivity contribution in [2.45, 2.75) is 11.3 Å². The van der Waals surface area contributed by atoms with Crippen molar-refractivity contribution in [2.75, 3.05) is 19.7 Å². The van der Waals surface area contributed by atoms with E-state index in [0.717, 1.165) is 17.0 Å². The smallest absolute Gasteiger partial charge is 0.144 e. The Labute approximate surface area is 173 Å². The first-order chi connectivity index (χ1) is 13.4. The van der Waals surface area contributed by atoms with Crippen LogP contribution in [-0.4, -0.2) is 38.4 Å². The van der Waals surface area contributed by atoms with Gasteiger partial charge in [0.1, 0.15) is 34.7 Å². The standard InChI is InChI=1S/C12H13BrN2O2S.C7H4FNO/c13-11-1-2-12(10(5-11)6-14)18(17)15-4-3-9(7-15)8-16;8-7-3-6(10)2-1-5(7)4-9/h1-2,5,9,16H,3-4,7-8H2;1-3,10H. The third-order valence-electron chi connectivity index (χ3n) is 4.06. The second-order valence-electron chi connectivity index (χ2n) is 6.00. The second-order valence-corrected chi connectivity index (χ2v) is 8.37. The number of aliphatic hydroxyl groups excluding tert-OH is 1. The summed E-state index contributed by atoms with van der Waals surface area (Å²) in [6.07, 6.45) is 0.848. The molecule has 0 aliphatic carbocycles. The van der Waals surface area contributed by atoms with Gasteiger partial charge in [0.05, 0.1) is 16.0 Å². The van der Waals surface area contributed by atoms with Gasteiger partial charge in [0.25, 0.3) is 0 Å². The highest BCUT2D eigenvalue weighted by atomic mass is 79.9. The monoisotopic (exact) mass is 465 g/mol. The number of aliphatic hydroxyl groups is 1. The molecule has 0 radical (unpaired) electrons. The molecule has 2 aromatic rings. The van der Waals surface area contributed by atoms with Crippen molar-refractivity contribution in [3.63, 3.8) is 0 Å². The number of phenolic OH excluding ortho intramolecular Hbond substituents is 1. The molecule has 2 N–H and O–H groups in total. The van der Waals surface area contributed by atoms with Gasteiger partial charge in [-0.05, 0) is 42.7 Å². The molecular formula is C19H17BrFN3O3S. The average Bonchev–Trinajstić information content (AvgIpc) is 3.17. The molecular weight excluding hydrogens is 449 g/mol. The number of aromatic hydroxyl groups is 1. The Morgan fingerprint density at radius 2 is 1.93 bits per heavy atom. The molecule has 1 fully saturated rings. The van der Waals surface area contributed by atoms with Crippen molar-refractivity contribution in [3.05, 3.63) is 57.8 Å². The van der Waals surface area contributed by atoms with E-state index in [9.17, 15) is 8.60 Å². The van der Waals surface area contributed by atoms with Crippen LogP contribution in [0.3, 0.4) is 0 Å². The number of hydrogen-bond acceptors (Lipinski definition) is 5. The van der Waals surface area contributed by atoms with Crippen LogP contribution >= 0.6 is 15.9 Å². The number of hydrogen-bond donors (Lipinski definition) is 2. The summed E-state index contributed by atoms with van der Waals surface area (Å²) in [5.74, 6) is -0.672. The Balaban J connectivity index is 0.000000237. The Hall–Kier alpha value is -2.30. The second kappa shape index (κ2) is 10.3. The summed E-state index contributed by atoms with van der Waals surface area (Å²) in [5.41, 5.74) is 0.368. The number of benzene rings is 2. The van der Waals surface area contributed by atoms with Gasteiger partial charge in [0, 0.05) is 30.2 Å². The van der Waals surface area contributed by atoms with E-state index in [2.05, 4.69) is 22.0 Å². The fourth-order valence-corrected chi connectivity index (χ4v) is 4.31. The Bertz CT molecular complexity index is 958. The zero-order valence-electron chi connectivity index (χ0n) is 14.7. The van der Waals surface area contributed by atoms with Crippen molar-refractivity contribution in [1.82, 2.24) is 4.31 Å². The van der Waals surface area contributed by atoms with E-state index < -0.39 is 16.8 Å². The predicted molar refractivity (Wildman–Crippen MR) is 105 cm³/mol. The van der Waals surface area contributed by atoms with Gasteiger partial charge in [-0.25, -0.2) is 12.9 Å². The Kier molecular flexibility index (Phi) is 8.09. The van der Waals surface area contributed by atoms with Gasteiger partial charge < -0.3 is 10.2 Å². The summed E-state index contributed by atoms with van der Waals surface area (Å²) in [6.45, 7) is 1.43. The molecule has 28 heavy (non-hydrogen) atoms. The quantitative estimate of drug-likeness (QED) is 0.723. The minimum atomic E-state index is -1.32. The first kappa shape index (κ1) is 22.0. The molecule has 0 amide bonds. The number of nitriles is 2. The molecule has 1 aliphatic heterocycles. The minimum absolute atomic E-state index is 0.0576. The summed E-state index contributed by atoms with van der Waals surface area (Å²) in [4.78, 5) is 0.541. The lowest BCUT2D eigenvalue weighted by atomic mass is 10.1. The highest BCUT2D eigenvalue weighted by molar-refractivity contribution is 9.10. The summed E-state index contributed by atoms with van der Waals surface area (Å²) in [6, 6.07) is 12.3. The predicted octanol–water partition coefficient (Wildman–Crippen LogP) is 3.06. The first-order valence-corrected chi connectivity index (χ1v) is 10.2. The minimum Gasteiger partial charge on any atom is -0.508 e. The largest absolute Gasteiger partial charge is 0.508 e. The molecule has 0 aromatic heterocycles. The Morgan fingerprint density at radius 1 is 1.21 bits per heavy atom. The maximum Gasteiger partial charge on any atom is 0.144 e. The van der Waals surface area contributed by atoms with Crippen molar-refractivity contribution in [1.29, 1.82) is 10.5 Å².